The van der Waals surface area contributed by atoms with Crippen LogP contribution in [0.5, 0.6) is 11.5 Å². The zero-order valence-corrected chi connectivity index (χ0v) is 16.8. The molecule has 0 aliphatic carbocycles. The second-order valence-electron chi connectivity index (χ2n) is 7.50. The molecule has 1 saturated heterocycles. The van der Waals surface area contributed by atoms with Gasteiger partial charge in [-0.25, -0.2) is 15.0 Å². The maximum absolute atomic E-state index is 5.97. The lowest BCUT2D eigenvalue weighted by molar-refractivity contribution is 0.139. The molecule has 3 aromatic rings. The fraction of sp³-hybridized carbons (Fsp3) is 0.476. The standard InChI is InChI=1S/C21H28N6O2/c1-28-17-4-2-5-18(12-17)29-13-16-6-10-26(11-7-16)8-3-9-27-15-25-19-20(22)23-14-24-21(19)27/h2,4-5,12,14-16H,3,6-11,13H2,1H3,(H2,22,23,24). The fourth-order valence-corrected chi connectivity index (χ4v) is 3.81. The highest BCUT2D eigenvalue weighted by molar-refractivity contribution is 5.81. The highest BCUT2D eigenvalue weighted by Crippen LogP contribution is 2.23. The summed E-state index contributed by atoms with van der Waals surface area (Å²) in [7, 11) is 1.67. The molecule has 0 unspecified atom stereocenters. The molecular weight excluding hydrogens is 368 g/mol. The molecule has 3 heterocycles. The van der Waals surface area contributed by atoms with Crippen LogP contribution in [0, 0.1) is 5.92 Å². The monoisotopic (exact) mass is 396 g/mol. The Morgan fingerprint density at radius 1 is 1.10 bits per heavy atom. The minimum Gasteiger partial charge on any atom is -0.497 e. The summed E-state index contributed by atoms with van der Waals surface area (Å²) in [5.74, 6) is 2.75. The predicted molar refractivity (Wildman–Crippen MR) is 112 cm³/mol. The van der Waals surface area contributed by atoms with Gasteiger partial charge in [-0.1, -0.05) is 6.07 Å². The number of benzene rings is 1. The molecule has 0 bridgehead atoms. The van der Waals surface area contributed by atoms with Crippen LogP contribution in [0.3, 0.4) is 0 Å². The van der Waals surface area contributed by atoms with Gasteiger partial charge in [0.2, 0.25) is 0 Å². The zero-order valence-electron chi connectivity index (χ0n) is 16.8. The number of piperidine rings is 1. The Bertz CT molecular complexity index is 936. The van der Waals surface area contributed by atoms with Crippen molar-refractivity contribution < 1.29 is 9.47 Å². The molecule has 0 spiro atoms. The highest BCUT2D eigenvalue weighted by Gasteiger charge is 2.19. The number of nitrogens with two attached hydrogens (primary N) is 1. The van der Waals surface area contributed by atoms with E-state index in [-0.39, 0.29) is 0 Å². The van der Waals surface area contributed by atoms with E-state index in [0.717, 1.165) is 56.4 Å². The number of rotatable bonds is 8. The van der Waals surface area contributed by atoms with E-state index in [1.54, 1.807) is 13.4 Å². The summed E-state index contributed by atoms with van der Waals surface area (Å²) in [6.45, 7) is 4.95. The van der Waals surface area contributed by atoms with Crippen molar-refractivity contribution in [3.63, 3.8) is 0 Å². The number of fused-ring (bicyclic) bond motifs is 1. The van der Waals surface area contributed by atoms with Gasteiger partial charge in [-0.3, -0.25) is 0 Å². The van der Waals surface area contributed by atoms with Crippen LogP contribution in [0.2, 0.25) is 0 Å². The van der Waals surface area contributed by atoms with Gasteiger partial charge in [0, 0.05) is 12.6 Å². The van der Waals surface area contributed by atoms with Gasteiger partial charge in [-0.2, -0.15) is 0 Å². The van der Waals surface area contributed by atoms with Crippen LogP contribution in [-0.4, -0.2) is 57.8 Å². The summed E-state index contributed by atoms with van der Waals surface area (Å²) < 4.78 is 13.3. The van der Waals surface area contributed by atoms with Crippen molar-refractivity contribution in [2.75, 3.05) is 39.1 Å². The second kappa shape index (κ2) is 9.09. The quantitative estimate of drug-likeness (QED) is 0.626. The highest BCUT2D eigenvalue weighted by atomic mass is 16.5. The van der Waals surface area contributed by atoms with Crippen LogP contribution in [-0.2, 0) is 6.54 Å². The first-order chi connectivity index (χ1) is 14.2. The summed E-state index contributed by atoms with van der Waals surface area (Å²) in [5.41, 5.74) is 7.35. The molecule has 29 heavy (non-hydrogen) atoms. The first-order valence-corrected chi connectivity index (χ1v) is 10.1. The molecule has 0 radical (unpaired) electrons. The van der Waals surface area contributed by atoms with Crippen molar-refractivity contribution in [3.8, 4) is 11.5 Å². The lowest BCUT2D eigenvalue weighted by Crippen LogP contribution is -2.36. The van der Waals surface area contributed by atoms with Crippen LogP contribution in [0.25, 0.3) is 11.2 Å². The van der Waals surface area contributed by atoms with Gasteiger partial charge in [-0.15, -0.1) is 0 Å². The third-order valence-electron chi connectivity index (χ3n) is 5.54. The van der Waals surface area contributed by atoms with E-state index in [1.165, 1.54) is 19.2 Å². The average molecular weight is 396 g/mol. The first kappa shape index (κ1) is 19.4. The topological polar surface area (TPSA) is 91.3 Å². The Morgan fingerprint density at radius 3 is 2.76 bits per heavy atom. The van der Waals surface area contributed by atoms with Crippen molar-refractivity contribution in [1.29, 1.82) is 0 Å². The third kappa shape index (κ3) is 4.76. The van der Waals surface area contributed by atoms with E-state index in [9.17, 15) is 0 Å². The lowest BCUT2D eigenvalue weighted by Gasteiger charge is -2.31. The number of methoxy groups -OCH3 is 1. The number of aromatic nitrogens is 4. The Labute approximate surface area is 170 Å². The van der Waals surface area contributed by atoms with Crippen LogP contribution >= 0.6 is 0 Å². The predicted octanol–water partition coefficient (Wildman–Crippen LogP) is 2.60. The summed E-state index contributed by atoms with van der Waals surface area (Å²) in [4.78, 5) is 15.2. The zero-order chi connectivity index (χ0) is 20.1. The molecule has 8 nitrogen and oxygen atoms in total. The second-order valence-corrected chi connectivity index (χ2v) is 7.50. The average Bonchev–Trinajstić information content (AvgIpc) is 3.18. The maximum Gasteiger partial charge on any atom is 0.165 e. The molecule has 154 valence electrons. The Morgan fingerprint density at radius 2 is 1.93 bits per heavy atom. The van der Waals surface area contributed by atoms with E-state index in [2.05, 4.69) is 24.4 Å². The van der Waals surface area contributed by atoms with Crippen molar-refractivity contribution in [3.05, 3.63) is 36.9 Å². The molecule has 2 N–H and O–H groups in total. The SMILES string of the molecule is COc1cccc(OCC2CCN(CCCn3cnc4c(N)ncnc43)CC2)c1. The first-order valence-electron chi connectivity index (χ1n) is 10.1. The molecule has 1 aliphatic heterocycles. The van der Waals surface area contributed by atoms with E-state index >= 15 is 0 Å². The van der Waals surface area contributed by atoms with Gasteiger partial charge < -0.3 is 24.7 Å². The van der Waals surface area contributed by atoms with Crippen molar-refractivity contribution in [2.24, 2.45) is 5.92 Å². The van der Waals surface area contributed by atoms with E-state index in [1.807, 2.05) is 24.3 Å². The molecule has 1 aliphatic rings. The van der Waals surface area contributed by atoms with Gasteiger partial charge in [0.15, 0.2) is 11.5 Å². The van der Waals surface area contributed by atoms with Crippen molar-refractivity contribution >= 4 is 17.0 Å². The fourth-order valence-electron chi connectivity index (χ4n) is 3.81. The number of hydrogen-bond acceptors (Lipinski definition) is 7. The normalized spacial score (nSPS) is 15.6. The summed E-state index contributed by atoms with van der Waals surface area (Å²) >= 11 is 0. The van der Waals surface area contributed by atoms with E-state index in [0.29, 0.717) is 17.3 Å². The smallest absolute Gasteiger partial charge is 0.165 e. The molecule has 1 fully saturated rings. The number of nitrogen functional groups attached to an aromatic ring is 1. The van der Waals surface area contributed by atoms with Crippen molar-refractivity contribution in [2.45, 2.75) is 25.8 Å². The van der Waals surface area contributed by atoms with Crippen LogP contribution in [0.15, 0.2) is 36.9 Å². The van der Waals surface area contributed by atoms with Crippen molar-refractivity contribution in [1.82, 2.24) is 24.4 Å². The van der Waals surface area contributed by atoms with Gasteiger partial charge in [0.25, 0.3) is 0 Å². The Kier molecular flexibility index (Phi) is 6.09. The number of nitrogens with zero attached hydrogens (tertiary/aromatic N) is 5. The number of hydrogen-bond donors (Lipinski definition) is 1. The molecule has 4 rings (SSSR count). The molecule has 0 saturated carbocycles. The molecule has 2 aromatic heterocycles. The van der Waals surface area contributed by atoms with Crippen LogP contribution < -0.4 is 15.2 Å². The van der Waals surface area contributed by atoms with Gasteiger partial charge in [0.05, 0.1) is 20.0 Å². The van der Waals surface area contributed by atoms with Gasteiger partial charge in [-0.05, 0) is 56.9 Å². The number of aryl methyl sites for hydroxylation is 1. The van der Waals surface area contributed by atoms with Crippen LogP contribution in [0.1, 0.15) is 19.3 Å². The third-order valence-corrected chi connectivity index (χ3v) is 5.54. The van der Waals surface area contributed by atoms with Gasteiger partial charge >= 0.3 is 0 Å². The van der Waals surface area contributed by atoms with Gasteiger partial charge in [0.1, 0.15) is 23.3 Å². The molecular formula is C21H28N6O2. The Balaban J connectivity index is 1.18. The molecule has 0 amide bonds. The minimum atomic E-state index is 0.437. The summed E-state index contributed by atoms with van der Waals surface area (Å²) in [6.07, 6.45) is 6.69. The maximum atomic E-state index is 5.97. The van der Waals surface area contributed by atoms with Crippen LogP contribution in [0.4, 0.5) is 5.82 Å². The number of ether oxygens (including phenoxy) is 2. The van der Waals surface area contributed by atoms with E-state index in [4.69, 9.17) is 15.2 Å². The largest absolute Gasteiger partial charge is 0.497 e. The number of anilines is 1. The Hall–Kier alpha value is -2.87. The number of imidazole rings is 1. The number of likely N-dealkylation sites (tertiary alicyclic amines) is 1. The molecule has 1 aromatic carbocycles. The van der Waals surface area contributed by atoms with E-state index < -0.39 is 0 Å². The molecule has 8 heteroatoms. The molecule has 0 atom stereocenters. The lowest BCUT2D eigenvalue weighted by atomic mass is 9.97. The summed E-state index contributed by atoms with van der Waals surface area (Å²) in [6, 6.07) is 7.81. The summed E-state index contributed by atoms with van der Waals surface area (Å²) in [5, 5.41) is 0. The minimum absolute atomic E-state index is 0.437.